The maximum absolute atomic E-state index is 5.26. The lowest BCUT2D eigenvalue weighted by atomic mass is 10.3. The Morgan fingerprint density at radius 1 is 1.09 bits per heavy atom. The van der Waals surface area contributed by atoms with Gasteiger partial charge in [0.05, 0.1) is 25.2 Å². The van der Waals surface area contributed by atoms with Gasteiger partial charge >= 0.3 is 0 Å². The highest BCUT2D eigenvalue weighted by Gasteiger charge is 2.07. The predicted molar refractivity (Wildman–Crippen MR) is 88.5 cm³/mol. The van der Waals surface area contributed by atoms with E-state index >= 15 is 0 Å². The molecule has 0 radical (unpaired) electrons. The van der Waals surface area contributed by atoms with Crippen molar-refractivity contribution in [1.29, 1.82) is 0 Å². The lowest BCUT2D eigenvalue weighted by Gasteiger charge is -2.14. The summed E-state index contributed by atoms with van der Waals surface area (Å²) in [5.41, 5.74) is 3.36. The summed E-state index contributed by atoms with van der Waals surface area (Å²) in [6.45, 7) is 1.69. The molecule has 6 nitrogen and oxygen atoms in total. The van der Waals surface area contributed by atoms with Crippen molar-refractivity contribution in [2.45, 2.75) is 13.1 Å². The van der Waals surface area contributed by atoms with E-state index in [1.165, 1.54) is 11.1 Å². The van der Waals surface area contributed by atoms with Gasteiger partial charge in [0.2, 0.25) is 0 Å². The first-order valence-electron chi connectivity index (χ1n) is 7.48. The fourth-order valence-corrected chi connectivity index (χ4v) is 2.57. The number of benzene rings is 1. The highest BCUT2D eigenvalue weighted by molar-refractivity contribution is 5.38. The molecule has 0 amide bonds. The zero-order valence-corrected chi connectivity index (χ0v) is 13.7. The first kappa shape index (κ1) is 15.3. The third-order valence-electron chi connectivity index (χ3n) is 3.62. The largest absolute Gasteiger partial charge is 0.497 e. The van der Waals surface area contributed by atoms with Crippen LogP contribution in [0.15, 0.2) is 49.1 Å². The number of ether oxygens (including phenoxy) is 1. The molecule has 0 saturated carbocycles. The molecule has 0 saturated heterocycles. The molecule has 0 unspecified atom stereocenters. The number of hydrogen-bond donors (Lipinski definition) is 0. The van der Waals surface area contributed by atoms with Crippen LogP contribution >= 0.6 is 0 Å². The highest BCUT2D eigenvalue weighted by Crippen LogP contribution is 2.16. The Balaban J connectivity index is 1.66. The molecule has 3 rings (SSSR count). The Morgan fingerprint density at radius 3 is 2.52 bits per heavy atom. The maximum atomic E-state index is 5.26. The average molecular weight is 311 g/mol. The zero-order valence-electron chi connectivity index (χ0n) is 13.7. The van der Waals surface area contributed by atoms with E-state index < -0.39 is 0 Å². The molecule has 0 aliphatic carbocycles. The highest BCUT2D eigenvalue weighted by atomic mass is 16.5. The van der Waals surface area contributed by atoms with E-state index in [0.29, 0.717) is 0 Å². The SMILES string of the molecule is COc1cccc(-n2cc(CN(C)Cc3cnn(C)c3)cn2)c1. The van der Waals surface area contributed by atoms with Gasteiger partial charge < -0.3 is 4.74 Å². The van der Waals surface area contributed by atoms with Gasteiger partial charge in [0.15, 0.2) is 0 Å². The van der Waals surface area contributed by atoms with Crippen LogP contribution in [0, 0.1) is 0 Å². The fourth-order valence-electron chi connectivity index (χ4n) is 2.57. The molecule has 2 heterocycles. The van der Waals surface area contributed by atoms with Crippen LogP contribution in [0.25, 0.3) is 5.69 Å². The maximum Gasteiger partial charge on any atom is 0.121 e. The third kappa shape index (κ3) is 3.78. The van der Waals surface area contributed by atoms with Crippen LogP contribution in [-0.2, 0) is 20.1 Å². The van der Waals surface area contributed by atoms with Gasteiger partial charge in [0.25, 0.3) is 0 Å². The van der Waals surface area contributed by atoms with Crippen LogP contribution < -0.4 is 4.74 Å². The van der Waals surface area contributed by atoms with Crippen LogP contribution in [0.2, 0.25) is 0 Å². The van der Waals surface area contributed by atoms with Crippen LogP contribution in [0.1, 0.15) is 11.1 Å². The van der Waals surface area contributed by atoms with Crippen molar-refractivity contribution < 1.29 is 4.74 Å². The molecule has 0 aliphatic rings. The van der Waals surface area contributed by atoms with Crippen LogP contribution in [0.5, 0.6) is 5.75 Å². The van der Waals surface area contributed by atoms with Gasteiger partial charge in [-0.05, 0) is 19.2 Å². The minimum atomic E-state index is 0.827. The van der Waals surface area contributed by atoms with Crippen molar-refractivity contribution in [2.24, 2.45) is 7.05 Å². The number of aromatic nitrogens is 4. The molecule has 1 aromatic carbocycles. The molecule has 0 spiro atoms. The van der Waals surface area contributed by atoms with Gasteiger partial charge in [-0.2, -0.15) is 10.2 Å². The van der Waals surface area contributed by atoms with Gasteiger partial charge in [-0.25, -0.2) is 4.68 Å². The van der Waals surface area contributed by atoms with Crippen LogP contribution in [0.3, 0.4) is 0 Å². The summed E-state index contributed by atoms with van der Waals surface area (Å²) in [7, 11) is 5.69. The summed E-state index contributed by atoms with van der Waals surface area (Å²) in [6.07, 6.45) is 7.89. The third-order valence-corrected chi connectivity index (χ3v) is 3.62. The molecule has 0 N–H and O–H groups in total. The summed E-state index contributed by atoms with van der Waals surface area (Å²) >= 11 is 0. The van der Waals surface area contributed by atoms with E-state index in [0.717, 1.165) is 24.5 Å². The second-order valence-electron chi connectivity index (χ2n) is 5.69. The molecule has 6 heteroatoms. The number of nitrogens with zero attached hydrogens (tertiary/aromatic N) is 5. The number of methoxy groups -OCH3 is 1. The lowest BCUT2D eigenvalue weighted by Crippen LogP contribution is -2.16. The number of rotatable bonds is 6. The minimum Gasteiger partial charge on any atom is -0.497 e. The quantitative estimate of drug-likeness (QED) is 0.700. The van der Waals surface area contributed by atoms with Crippen molar-refractivity contribution in [3.63, 3.8) is 0 Å². The molecule has 0 atom stereocenters. The van der Waals surface area contributed by atoms with Crippen molar-refractivity contribution >= 4 is 0 Å². The summed E-state index contributed by atoms with van der Waals surface area (Å²) in [4.78, 5) is 2.24. The van der Waals surface area contributed by atoms with Gasteiger partial charge in [0, 0.05) is 49.7 Å². The van der Waals surface area contributed by atoms with Crippen LogP contribution in [-0.4, -0.2) is 38.6 Å². The number of hydrogen-bond acceptors (Lipinski definition) is 4. The Bertz CT molecular complexity index is 777. The lowest BCUT2D eigenvalue weighted by molar-refractivity contribution is 0.319. The Morgan fingerprint density at radius 2 is 1.83 bits per heavy atom. The normalized spacial score (nSPS) is 11.1. The molecular formula is C17H21N5O. The summed E-state index contributed by atoms with van der Waals surface area (Å²) in [6, 6.07) is 7.87. The first-order chi connectivity index (χ1) is 11.1. The second kappa shape index (κ2) is 6.66. The Hall–Kier alpha value is -2.60. The Kier molecular flexibility index (Phi) is 4.43. The van der Waals surface area contributed by atoms with Crippen LogP contribution in [0.4, 0.5) is 0 Å². The van der Waals surface area contributed by atoms with E-state index in [1.54, 1.807) is 7.11 Å². The van der Waals surface area contributed by atoms with E-state index in [4.69, 9.17) is 4.74 Å². The van der Waals surface area contributed by atoms with Gasteiger partial charge in [-0.1, -0.05) is 6.07 Å². The summed E-state index contributed by atoms with van der Waals surface area (Å²) in [5.74, 6) is 0.827. The van der Waals surface area contributed by atoms with Crippen molar-refractivity contribution in [1.82, 2.24) is 24.5 Å². The number of aryl methyl sites for hydroxylation is 1. The molecule has 2 aromatic heterocycles. The van der Waals surface area contributed by atoms with Gasteiger partial charge in [0.1, 0.15) is 5.75 Å². The van der Waals surface area contributed by atoms with Gasteiger partial charge in [-0.15, -0.1) is 0 Å². The smallest absolute Gasteiger partial charge is 0.121 e. The Labute approximate surface area is 135 Å². The van der Waals surface area contributed by atoms with Gasteiger partial charge in [-0.3, -0.25) is 9.58 Å². The molecular weight excluding hydrogens is 290 g/mol. The molecule has 120 valence electrons. The first-order valence-corrected chi connectivity index (χ1v) is 7.48. The predicted octanol–water partition coefficient (Wildman–Crippen LogP) is 2.25. The minimum absolute atomic E-state index is 0.827. The second-order valence-corrected chi connectivity index (χ2v) is 5.69. The van der Waals surface area contributed by atoms with E-state index in [2.05, 4.69) is 28.3 Å². The van der Waals surface area contributed by atoms with E-state index in [-0.39, 0.29) is 0 Å². The van der Waals surface area contributed by atoms with Crippen molar-refractivity contribution in [3.05, 3.63) is 60.2 Å². The summed E-state index contributed by atoms with van der Waals surface area (Å²) < 4.78 is 8.95. The summed E-state index contributed by atoms with van der Waals surface area (Å²) in [5, 5.41) is 8.64. The van der Waals surface area contributed by atoms with E-state index in [9.17, 15) is 0 Å². The standard InChI is InChI=1S/C17H21N5O/c1-20(10-14-8-18-21(2)12-14)11-15-9-19-22(13-15)16-5-4-6-17(7-16)23-3/h4-9,12-13H,10-11H2,1-3H3. The van der Waals surface area contributed by atoms with Crippen molar-refractivity contribution in [3.8, 4) is 11.4 Å². The monoisotopic (exact) mass is 311 g/mol. The molecule has 3 aromatic rings. The molecule has 0 bridgehead atoms. The van der Waals surface area contributed by atoms with Crippen molar-refractivity contribution in [2.75, 3.05) is 14.2 Å². The molecule has 23 heavy (non-hydrogen) atoms. The average Bonchev–Trinajstić information content (AvgIpc) is 3.16. The fraction of sp³-hybridized carbons (Fsp3) is 0.294. The molecule has 0 fully saturated rings. The zero-order chi connectivity index (χ0) is 16.2. The van der Waals surface area contributed by atoms with E-state index in [1.807, 2.05) is 59.3 Å². The topological polar surface area (TPSA) is 48.1 Å². The molecule has 0 aliphatic heterocycles.